The van der Waals surface area contributed by atoms with E-state index in [1.54, 1.807) is 42.5 Å². The van der Waals surface area contributed by atoms with E-state index >= 15 is 0 Å². The molecule has 0 radical (unpaired) electrons. The average Bonchev–Trinajstić information content (AvgIpc) is 2.82. The van der Waals surface area contributed by atoms with Gasteiger partial charge in [-0.15, -0.1) is 0 Å². The number of anilines is 1. The molecule has 1 N–H and O–H groups in total. The van der Waals surface area contributed by atoms with Gasteiger partial charge in [0.05, 0.1) is 17.2 Å². The van der Waals surface area contributed by atoms with Crippen molar-refractivity contribution in [3.8, 4) is 5.75 Å². The fraction of sp³-hybridized carbons (Fsp3) is 0.458. The molecule has 2 aromatic carbocycles. The summed E-state index contributed by atoms with van der Waals surface area (Å²) in [4.78, 5) is 15.2. The van der Waals surface area contributed by atoms with Gasteiger partial charge in [0.1, 0.15) is 12.3 Å². The van der Waals surface area contributed by atoms with E-state index in [-0.39, 0.29) is 17.3 Å². The second-order valence-electron chi connectivity index (χ2n) is 7.86. The molecule has 0 atom stereocenters. The van der Waals surface area contributed by atoms with Crippen molar-refractivity contribution in [3.05, 3.63) is 54.6 Å². The summed E-state index contributed by atoms with van der Waals surface area (Å²) >= 11 is 0. The fourth-order valence-corrected chi connectivity index (χ4v) is 5.25. The van der Waals surface area contributed by atoms with Crippen LogP contribution in [0, 0.1) is 0 Å². The lowest BCUT2D eigenvalue weighted by Gasteiger charge is -2.26. The molecule has 1 amide bonds. The van der Waals surface area contributed by atoms with Crippen LogP contribution >= 0.6 is 0 Å². The van der Waals surface area contributed by atoms with Gasteiger partial charge in [0, 0.05) is 6.54 Å². The summed E-state index contributed by atoms with van der Waals surface area (Å²) < 4.78 is 33.3. The molecule has 32 heavy (non-hydrogen) atoms. The lowest BCUT2D eigenvalue weighted by Crippen LogP contribution is -2.41. The van der Waals surface area contributed by atoms with Crippen molar-refractivity contribution < 1.29 is 17.9 Å². The normalized spacial score (nSPS) is 14.7. The Balaban J connectivity index is 1.67. The van der Waals surface area contributed by atoms with Gasteiger partial charge in [0.25, 0.3) is 10.0 Å². The maximum absolute atomic E-state index is 13.3. The maximum Gasteiger partial charge on any atom is 0.264 e. The largest absolute Gasteiger partial charge is 0.494 e. The Morgan fingerprint density at radius 3 is 2.38 bits per heavy atom. The Morgan fingerprint density at radius 1 is 1.03 bits per heavy atom. The molecule has 1 saturated heterocycles. The van der Waals surface area contributed by atoms with Gasteiger partial charge in [-0.2, -0.15) is 0 Å². The molecular formula is C24H33N3O4S. The Kier molecular flexibility index (Phi) is 8.93. The molecule has 1 fully saturated rings. The van der Waals surface area contributed by atoms with E-state index < -0.39 is 10.0 Å². The molecule has 1 aliphatic rings. The van der Waals surface area contributed by atoms with Crippen LogP contribution in [0.25, 0.3) is 0 Å². The SMILES string of the molecule is CCOc1ccc(N(CC(=O)NCCCN2CCCCC2)S(=O)(=O)c2ccccc2)cc1. The van der Waals surface area contributed by atoms with Crippen LogP contribution in [0.2, 0.25) is 0 Å². The van der Waals surface area contributed by atoms with Gasteiger partial charge >= 0.3 is 0 Å². The molecule has 2 aromatic rings. The van der Waals surface area contributed by atoms with Crippen molar-refractivity contribution in [2.45, 2.75) is 37.5 Å². The second kappa shape index (κ2) is 11.9. The Bertz CT molecular complexity index is 943. The number of carbonyl (C=O) groups excluding carboxylic acids is 1. The first-order valence-electron chi connectivity index (χ1n) is 11.3. The van der Waals surface area contributed by atoms with Gasteiger partial charge in [0.15, 0.2) is 0 Å². The lowest BCUT2D eigenvalue weighted by atomic mass is 10.1. The fourth-order valence-electron chi connectivity index (χ4n) is 3.81. The summed E-state index contributed by atoms with van der Waals surface area (Å²) in [5.74, 6) is 0.326. The highest BCUT2D eigenvalue weighted by molar-refractivity contribution is 7.92. The maximum atomic E-state index is 13.3. The smallest absolute Gasteiger partial charge is 0.264 e. The number of nitrogens with zero attached hydrogens (tertiary/aromatic N) is 2. The predicted molar refractivity (Wildman–Crippen MR) is 127 cm³/mol. The number of benzene rings is 2. The highest BCUT2D eigenvalue weighted by atomic mass is 32.2. The van der Waals surface area contributed by atoms with Crippen LogP contribution < -0.4 is 14.4 Å². The molecule has 8 heteroatoms. The van der Waals surface area contributed by atoms with Crippen molar-refractivity contribution in [1.82, 2.24) is 10.2 Å². The van der Waals surface area contributed by atoms with Gasteiger partial charge in [-0.25, -0.2) is 8.42 Å². The molecule has 0 spiro atoms. The van der Waals surface area contributed by atoms with Crippen molar-refractivity contribution in [2.24, 2.45) is 0 Å². The van der Waals surface area contributed by atoms with E-state index in [9.17, 15) is 13.2 Å². The van der Waals surface area contributed by atoms with Crippen LogP contribution in [-0.4, -0.2) is 58.6 Å². The quantitative estimate of drug-likeness (QED) is 0.522. The molecular weight excluding hydrogens is 426 g/mol. The first-order chi connectivity index (χ1) is 15.5. The summed E-state index contributed by atoms with van der Waals surface area (Å²) in [6.45, 7) is 5.84. The topological polar surface area (TPSA) is 79.0 Å². The van der Waals surface area contributed by atoms with E-state index in [0.717, 1.165) is 30.4 Å². The van der Waals surface area contributed by atoms with Crippen molar-refractivity contribution in [2.75, 3.05) is 43.6 Å². The molecule has 0 aromatic heterocycles. The Labute approximate surface area is 191 Å². The highest BCUT2D eigenvalue weighted by Gasteiger charge is 2.27. The Morgan fingerprint density at radius 2 is 1.72 bits per heavy atom. The monoisotopic (exact) mass is 459 g/mol. The molecule has 1 aliphatic heterocycles. The molecule has 0 aliphatic carbocycles. The zero-order chi connectivity index (χ0) is 22.8. The number of sulfonamides is 1. The van der Waals surface area contributed by atoms with Crippen LogP contribution in [0.3, 0.4) is 0 Å². The summed E-state index contributed by atoms with van der Waals surface area (Å²) in [5.41, 5.74) is 0.417. The summed E-state index contributed by atoms with van der Waals surface area (Å²) in [7, 11) is -3.90. The van der Waals surface area contributed by atoms with Gasteiger partial charge < -0.3 is 15.0 Å². The van der Waals surface area contributed by atoms with E-state index in [1.807, 2.05) is 6.92 Å². The molecule has 3 rings (SSSR count). The predicted octanol–water partition coefficient (Wildman–Crippen LogP) is 3.27. The van der Waals surface area contributed by atoms with Gasteiger partial charge in [0.2, 0.25) is 5.91 Å². The van der Waals surface area contributed by atoms with Crippen LogP contribution in [0.15, 0.2) is 59.5 Å². The minimum Gasteiger partial charge on any atom is -0.494 e. The highest BCUT2D eigenvalue weighted by Crippen LogP contribution is 2.25. The van der Waals surface area contributed by atoms with E-state index in [1.165, 1.54) is 31.4 Å². The average molecular weight is 460 g/mol. The zero-order valence-electron chi connectivity index (χ0n) is 18.7. The van der Waals surface area contributed by atoms with Crippen LogP contribution in [0.1, 0.15) is 32.6 Å². The third-order valence-corrected chi connectivity index (χ3v) is 7.26. The zero-order valence-corrected chi connectivity index (χ0v) is 19.5. The molecule has 0 unspecified atom stereocenters. The van der Waals surface area contributed by atoms with E-state index in [2.05, 4.69) is 10.2 Å². The first-order valence-corrected chi connectivity index (χ1v) is 12.7. The number of ether oxygens (including phenoxy) is 1. The third-order valence-electron chi connectivity index (χ3n) is 5.48. The Hall–Kier alpha value is -2.58. The molecule has 1 heterocycles. The summed E-state index contributed by atoms with van der Waals surface area (Å²) in [6, 6.07) is 14.9. The standard InChI is InChI=1S/C24H33N3O4S/c1-2-31-22-14-12-21(13-15-22)27(32(29,30)23-10-5-3-6-11-23)20-24(28)25-16-9-19-26-17-7-4-8-18-26/h3,5-6,10-15H,2,4,7-9,16-20H2,1H3,(H,25,28). The van der Waals surface area contributed by atoms with Crippen molar-refractivity contribution in [3.63, 3.8) is 0 Å². The molecule has 174 valence electrons. The number of rotatable bonds is 11. The molecule has 7 nitrogen and oxygen atoms in total. The number of carbonyl (C=O) groups is 1. The van der Waals surface area contributed by atoms with E-state index in [4.69, 9.17) is 4.74 Å². The molecule has 0 saturated carbocycles. The van der Waals surface area contributed by atoms with Crippen LogP contribution in [0.4, 0.5) is 5.69 Å². The molecule has 0 bridgehead atoms. The van der Waals surface area contributed by atoms with Gasteiger partial charge in [-0.05, 0) is 82.2 Å². The number of hydrogen-bond acceptors (Lipinski definition) is 5. The van der Waals surface area contributed by atoms with E-state index in [0.29, 0.717) is 24.6 Å². The first kappa shape index (κ1) is 24.1. The lowest BCUT2D eigenvalue weighted by molar-refractivity contribution is -0.119. The van der Waals surface area contributed by atoms with Crippen molar-refractivity contribution >= 4 is 21.6 Å². The number of amides is 1. The minimum absolute atomic E-state index is 0.145. The number of nitrogens with one attached hydrogen (secondary N) is 1. The minimum atomic E-state index is -3.90. The number of likely N-dealkylation sites (tertiary alicyclic amines) is 1. The summed E-state index contributed by atoms with van der Waals surface area (Å²) in [6.07, 6.45) is 4.62. The van der Waals surface area contributed by atoms with Gasteiger partial charge in [-0.3, -0.25) is 9.10 Å². The summed E-state index contributed by atoms with van der Waals surface area (Å²) in [5, 5.41) is 2.88. The second-order valence-corrected chi connectivity index (χ2v) is 9.72. The van der Waals surface area contributed by atoms with Crippen molar-refractivity contribution in [1.29, 1.82) is 0 Å². The van der Waals surface area contributed by atoms with Gasteiger partial charge in [-0.1, -0.05) is 24.6 Å². The van der Waals surface area contributed by atoms with Crippen LogP contribution in [0.5, 0.6) is 5.75 Å². The third kappa shape index (κ3) is 6.71. The van der Waals surface area contributed by atoms with Crippen LogP contribution in [-0.2, 0) is 14.8 Å². The number of piperidine rings is 1. The number of hydrogen-bond donors (Lipinski definition) is 1.